The van der Waals surface area contributed by atoms with Crippen molar-refractivity contribution in [3.8, 4) is 0 Å². The highest BCUT2D eigenvalue weighted by Gasteiger charge is 2.28. The van der Waals surface area contributed by atoms with Crippen LogP contribution < -0.4 is 11.1 Å². The number of nitrogens with one attached hydrogen (secondary N) is 1. The molecule has 0 radical (unpaired) electrons. The van der Waals surface area contributed by atoms with Crippen molar-refractivity contribution in [3.05, 3.63) is 24.0 Å². The highest BCUT2D eigenvalue weighted by atomic mass is 32.1. The lowest BCUT2D eigenvalue weighted by molar-refractivity contribution is 0.0540. The minimum Gasteiger partial charge on any atom is -0.389 e. The van der Waals surface area contributed by atoms with Crippen molar-refractivity contribution < 1.29 is 4.74 Å². The molecule has 1 atom stereocenters. The summed E-state index contributed by atoms with van der Waals surface area (Å²) in [5.41, 5.74) is 7.34. The predicted octanol–water partition coefficient (Wildman–Crippen LogP) is 1.70. The molecule has 0 amide bonds. The van der Waals surface area contributed by atoms with Crippen molar-refractivity contribution in [2.75, 3.05) is 18.5 Å². The number of ether oxygens (including phenoxy) is 1. The van der Waals surface area contributed by atoms with Gasteiger partial charge in [-0.1, -0.05) is 12.2 Å². The summed E-state index contributed by atoms with van der Waals surface area (Å²) in [4.78, 5) is 4.49. The van der Waals surface area contributed by atoms with Gasteiger partial charge in [0.1, 0.15) is 4.99 Å². The summed E-state index contributed by atoms with van der Waals surface area (Å²) >= 11 is 5.03. The number of rotatable bonds is 3. The van der Waals surface area contributed by atoms with E-state index in [-0.39, 0.29) is 5.54 Å². The highest BCUT2D eigenvalue weighted by molar-refractivity contribution is 7.80. The van der Waals surface area contributed by atoms with Crippen LogP contribution in [0.3, 0.4) is 0 Å². The van der Waals surface area contributed by atoms with Gasteiger partial charge in [0, 0.05) is 18.4 Å². The first-order chi connectivity index (χ1) is 8.11. The van der Waals surface area contributed by atoms with Crippen LogP contribution in [-0.4, -0.2) is 28.7 Å². The second kappa shape index (κ2) is 4.98. The molecule has 5 heteroatoms. The lowest BCUT2D eigenvalue weighted by atomic mass is 9.94. The van der Waals surface area contributed by atoms with Crippen LogP contribution in [0.4, 0.5) is 5.69 Å². The summed E-state index contributed by atoms with van der Waals surface area (Å²) < 4.78 is 5.51. The third-order valence-electron chi connectivity index (χ3n) is 2.96. The summed E-state index contributed by atoms with van der Waals surface area (Å²) in [5.74, 6) is 0. The summed E-state index contributed by atoms with van der Waals surface area (Å²) in [6.07, 6.45) is 5.58. The fourth-order valence-corrected chi connectivity index (χ4v) is 2.24. The van der Waals surface area contributed by atoms with Gasteiger partial charge in [0.25, 0.3) is 0 Å². The highest BCUT2D eigenvalue weighted by Crippen LogP contribution is 2.25. The molecule has 0 aliphatic carbocycles. The molecule has 0 bridgehead atoms. The molecule has 1 saturated heterocycles. The zero-order valence-electron chi connectivity index (χ0n) is 9.90. The third kappa shape index (κ3) is 2.92. The molecule has 0 spiro atoms. The van der Waals surface area contributed by atoms with Crippen LogP contribution >= 0.6 is 12.2 Å². The molecule has 1 aromatic heterocycles. The zero-order valence-corrected chi connectivity index (χ0v) is 10.7. The number of thiocarbonyl (C=S) groups is 1. The molecule has 0 aromatic carbocycles. The third-order valence-corrected chi connectivity index (χ3v) is 3.18. The van der Waals surface area contributed by atoms with Crippen molar-refractivity contribution in [3.63, 3.8) is 0 Å². The molecule has 1 fully saturated rings. The van der Waals surface area contributed by atoms with Crippen LogP contribution in [0.1, 0.15) is 25.3 Å². The van der Waals surface area contributed by atoms with E-state index in [9.17, 15) is 0 Å². The van der Waals surface area contributed by atoms with E-state index in [1.165, 1.54) is 0 Å². The van der Waals surface area contributed by atoms with Gasteiger partial charge in [0.2, 0.25) is 0 Å². The number of nitrogens with zero attached hydrogens (tertiary/aromatic N) is 1. The topological polar surface area (TPSA) is 60.2 Å². The Balaban J connectivity index is 2.20. The van der Waals surface area contributed by atoms with Gasteiger partial charge in [0.15, 0.2) is 0 Å². The molecule has 17 heavy (non-hydrogen) atoms. The van der Waals surface area contributed by atoms with Crippen molar-refractivity contribution in [2.45, 2.75) is 25.3 Å². The lowest BCUT2D eigenvalue weighted by Gasteiger charge is -2.35. The van der Waals surface area contributed by atoms with Crippen LogP contribution in [0.15, 0.2) is 18.5 Å². The quantitative estimate of drug-likeness (QED) is 0.801. The van der Waals surface area contributed by atoms with Crippen molar-refractivity contribution >= 4 is 22.9 Å². The Bertz CT molecular complexity index is 416. The molecule has 2 heterocycles. The maximum atomic E-state index is 5.70. The summed E-state index contributed by atoms with van der Waals surface area (Å²) in [5, 5.41) is 3.45. The van der Waals surface area contributed by atoms with Gasteiger partial charge in [-0.2, -0.15) is 0 Å². The van der Waals surface area contributed by atoms with Gasteiger partial charge in [-0.25, -0.2) is 0 Å². The summed E-state index contributed by atoms with van der Waals surface area (Å²) in [7, 11) is 0. The Morgan fingerprint density at radius 1 is 1.65 bits per heavy atom. The Hall–Kier alpha value is -1.20. The van der Waals surface area contributed by atoms with Crippen LogP contribution in [0.2, 0.25) is 0 Å². The first-order valence-corrected chi connectivity index (χ1v) is 6.11. The monoisotopic (exact) mass is 251 g/mol. The summed E-state index contributed by atoms with van der Waals surface area (Å²) in [6, 6.07) is 1.83. The van der Waals surface area contributed by atoms with E-state index in [4.69, 9.17) is 22.7 Å². The van der Waals surface area contributed by atoms with E-state index in [1.54, 1.807) is 12.4 Å². The maximum absolute atomic E-state index is 5.70. The van der Waals surface area contributed by atoms with E-state index >= 15 is 0 Å². The van der Waals surface area contributed by atoms with Crippen LogP contribution in [0.5, 0.6) is 0 Å². The maximum Gasteiger partial charge on any atom is 0.106 e. The van der Waals surface area contributed by atoms with Crippen molar-refractivity contribution in [2.24, 2.45) is 5.73 Å². The fraction of sp³-hybridized carbons (Fsp3) is 0.500. The molecule has 92 valence electrons. The number of nitrogens with two attached hydrogens (primary N) is 1. The van der Waals surface area contributed by atoms with Gasteiger partial charge < -0.3 is 15.8 Å². The molecular weight excluding hydrogens is 234 g/mol. The smallest absolute Gasteiger partial charge is 0.106 e. The zero-order chi connectivity index (χ0) is 12.3. The predicted molar refractivity (Wildman–Crippen MR) is 72.2 cm³/mol. The fourth-order valence-electron chi connectivity index (χ4n) is 2.07. The van der Waals surface area contributed by atoms with E-state index in [2.05, 4.69) is 17.2 Å². The normalized spacial score (nSPS) is 24.3. The van der Waals surface area contributed by atoms with E-state index in [0.717, 1.165) is 30.7 Å². The number of hydrogen-bond donors (Lipinski definition) is 2. The Morgan fingerprint density at radius 2 is 2.47 bits per heavy atom. The minimum atomic E-state index is -0.0686. The first-order valence-electron chi connectivity index (χ1n) is 5.70. The molecule has 3 N–H and O–H groups in total. The van der Waals surface area contributed by atoms with Gasteiger partial charge >= 0.3 is 0 Å². The van der Waals surface area contributed by atoms with Gasteiger partial charge in [-0.15, -0.1) is 0 Å². The standard InChI is InChI=1S/C12H17N3OS/c1-12(4-2-6-16-8-12)15-10-7-14-5-3-9(10)11(13)17/h3,5,7,15H,2,4,6,8H2,1H3,(H2,13,17). The Kier molecular flexibility index (Phi) is 3.59. The van der Waals surface area contributed by atoms with E-state index in [0.29, 0.717) is 11.6 Å². The van der Waals surface area contributed by atoms with Crippen LogP contribution in [0.25, 0.3) is 0 Å². The van der Waals surface area contributed by atoms with Gasteiger partial charge in [-0.05, 0) is 25.8 Å². The van der Waals surface area contributed by atoms with E-state index < -0.39 is 0 Å². The first kappa shape index (κ1) is 12.3. The molecule has 1 aliphatic heterocycles. The van der Waals surface area contributed by atoms with Crippen LogP contribution in [-0.2, 0) is 4.74 Å². The number of hydrogen-bond acceptors (Lipinski definition) is 4. The Morgan fingerprint density at radius 3 is 3.12 bits per heavy atom. The molecule has 4 nitrogen and oxygen atoms in total. The molecular formula is C12H17N3OS. The van der Waals surface area contributed by atoms with Gasteiger partial charge in [0.05, 0.1) is 24.0 Å². The molecule has 2 rings (SSSR count). The SMILES string of the molecule is CC1(Nc2cnccc2C(N)=S)CCCOC1. The van der Waals surface area contributed by atoms with Gasteiger partial charge in [-0.3, -0.25) is 4.98 Å². The molecule has 1 unspecified atom stereocenters. The summed E-state index contributed by atoms with van der Waals surface area (Å²) in [6.45, 7) is 3.67. The van der Waals surface area contributed by atoms with E-state index in [1.807, 2.05) is 6.07 Å². The minimum absolute atomic E-state index is 0.0686. The molecule has 1 aromatic rings. The van der Waals surface area contributed by atoms with Crippen molar-refractivity contribution in [1.82, 2.24) is 4.98 Å². The lowest BCUT2D eigenvalue weighted by Crippen LogP contribution is -2.43. The second-order valence-electron chi connectivity index (χ2n) is 4.63. The second-order valence-corrected chi connectivity index (χ2v) is 5.07. The molecule has 0 saturated carbocycles. The largest absolute Gasteiger partial charge is 0.389 e. The molecule has 1 aliphatic rings. The number of anilines is 1. The van der Waals surface area contributed by atoms with Crippen LogP contribution in [0, 0.1) is 0 Å². The average Bonchev–Trinajstić information content (AvgIpc) is 2.29. The number of pyridine rings is 1. The van der Waals surface area contributed by atoms with Crippen molar-refractivity contribution in [1.29, 1.82) is 0 Å². The number of aromatic nitrogens is 1. The average molecular weight is 251 g/mol. The Labute approximate surface area is 107 Å².